The summed E-state index contributed by atoms with van der Waals surface area (Å²) in [7, 11) is 1.30. The Labute approximate surface area is 87.3 Å². The summed E-state index contributed by atoms with van der Waals surface area (Å²) in [5.41, 5.74) is 1.52. The lowest BCUT2D eigenvalue weighted by Gasteiger charge is -2.20. The molecule has 0 radical (unpaired) electrons. The Balaban J connectivity index is 2.34. The largest absolute Gasteiger partial charge is 0.468 e. The number of pyridine rings is 1. The van der Waals surface area contributed by atoms with Crippen LogP contribution in [0, 0.1) is 5.92 Å². The number of ketones is 1. The summed E-state index contributed by atoms with van der Waals surface area (Å²) in [5.74, 6) is -1.27. The van der Waals surface area contributed by atoms with E-state index >= 15 is 0 Å². The average Bonchev–Trinajstić information content (AvgIpc) is 2.29. The Morgan fingerprint density at radius 3 is 3.13 bits per heavy atom. The molecule has 1 aliphatic rings. The lowest BCUT2D eigenvalue weighted by atomic mass is 9.84. The number of hydrogen-bond acceptors (Lipinski definition) is 4. The molecule has 1 aromatic heterocycles. The molecule has 2 rings (SSSR count). The fraction of sp³-hybridized carbons (Fsp3) is 0.364. The summed E-state index contributed by atoms with van der Waals surface area (Å²) < 4.78 is 4.59. The van der Waals surface area contributed by atoms with E-state index in [1.165, 1.54) is 13.3 Å². The second kappa shape index (κ2) is 3.81. The number of fused-ring (bicyclic) bond motifs is 1. The Morgan fingerprint density at radius 1 is 1.60 bits per heavy atom. The van der Waals surface area contributed by atoms with Crippen molar-refractivity contribution in [1.29, 1.82) is 0 Å². The maximum absolute atomic E-state index is 11.9. The second-order valence-corrected chi connectivity index (χ2v) is 3.51. The molecule has 0 saturated carbocycles. The molecule has 15 heavy (non-hydrogen) atoms. The van der Waals surface area contributed by atoms with Crippen LogP contribution < -0.4 is 0 Å². The Bertz CT molecular complexity index is 414. The Kier molecular flexibility index (Phi) is 2.49. The number of Topliss-reactive ketones (excluding diaryl/α,β-unsaturated/α-hetero) is 1. The predicted octanol–water partition coefficient (Wildman–Crippen LogP) is 1.000. The van der Waals surface area contributed by atoms with Crippen LogP contribution in [0.4, 0.5) is 0 Å². The third kappa shape index (κ3) is 1.63. The number of aromatic nitrogens is 1. The standard InChI is InChI=1S/C11H11NO3/c1-15-11(14)8-3-2-7-4-5-12-6-9(7)10(8)13/h4-6,8H,2-3H2,1H3. The van der Waals surface area contributed by atoms with Gasteiger partial charge in [-0.15, -0.1) is 0 Å². The molecule has 1 aromatic rings. The molecule has 0 saturated heterocycles. The van der Waals surface area contributed by atoms with Crippen molar-refractivity contribution in [2.45, 2.75) is 12.8 Å². The van der Waals surface area contributed by atoms with Crippen LogP contribution in [0.25, 0.3) is 0 Å². The summed E-state index contributed by atoms with van der Waals surface area (Å²) in [6, 6.07) is 1.82. The Hall–Kier alpha value is -1.71. The van der Waals surface area contributed by atoms with E-state index in [0.29, 0.717) is 12.0 Å². The molecule has 1 heterocycles. The third-order valence-corrected chi connectivity index (χ3v) is 2.68. The van der Waals surface area contributed by atoms with Gasteiger partial charge in [0.05, 0.1) is 7.11 Å². The highest BCUT2D eigenvalue weighted by Crippen LogP contribution is 2.25. The molecular formula is C11H11NO3. The molecule has 1 atom stereocenters. The molecule has 78 valence electrons. The number of carbonyl (C=O) groups excluding carboxylic acids is 2. The molecular weight excluding hydrogens is 194 g/mol. The molecule has 0 spiro atoms. The minimum Gasteiger partial charge on any atom is -0.468 e. The van der Waals surface area contributed by atoms with Crippen LogP contribution in [-0.4, -0.2) is 23.8 Å². The van der Waals surface area contributed by atoms with Crippen molar-refractivity contribution in [1.82, 2.24) is 4.98 Å². The summed E-state index contributed by atoms with van der Waals surface area (Å²) in [5, 5.41) is 0. The van der Waals surface area contributed by atoms with Crippen molar-refractivity contribution < 1.29 is 14.3 Å². The van der Waals surface area contributed by atoms with Gasteiger partial charge in [0.1, 0.15) is 5.92 Å². The highest BCUT2D eigenvalue weighted by molar-refractivity contribution is 6.10. The highest BCUT2D eigenvalue weighted by Gasteiger charge is 2.33. The van der Waals surface area contributed by atoms with E-state index in [4.69, 9.17) is 0 Å². The highest BCUT2D eigenvalue weighted by atomic mass is 16.5. The molecule has 0 aromatic carbocycles. The number of carbonyl (C=O) groups is 2. The summed E-state index contributed by atoms with van der Waals surface area (Å²) >= 11 is 0. The van der Waals surface area contributed by atoms with Crippen molar-refractivity contribution in [2.24, 2.45) is 5.92 Å². The minimum atomic E-state index is -0.647. The summed E-state index contributed by atoms with van der Waals surface area (Å²) in [6.07, 6.45) is 4.43. The number of esters is 1. The van der Waals surface area contributed by atoms with Crippen LogP contribution >= 0.6 is 0 Å². The third-order valence-electron chi connectivity index (χ3n) is 2.68. The van der Waals surface area contributed by atoms with Crippen LogP contribution in [0.15, 0.2) is 18.5 Å². The molecule has 0 bridgehead atoms. The van der Waals surface area contributed by atoms with Crippen molar-refractivity contribution in [2.75, 3.05) is 7.11 Å². The van der Waals surface area contributed by atoms with E-state index in [1.54, 1.807) is 6.20 Å². The van der Waals surface area contributed by atoms with Gasteiger partial charge < -0.3 is 4.74 Å². The number of nitrogens with zero attached hydrogens (tertiary/aromatic N) is 1. The van der Waals surface area contributed by atoms with E-state index in [0.717, 1.165) is 12.0 Å². The van der Waals surface area contributed by atoms with Gasteiger partial charge in [-0.1, -0.05) is 0 Å². The second-order valence-electron chi connectivity index (χ2n) is 3.51. The maximum atomic E-state index is 11.9. The van der Waals surface area contributed by atoms with Crippen molar-refractivity contribution in [3.05, 3.63) is 29.6 Å². The van der Waals surface area contributed by atoms with E-state index in [1.807, 2.05) is 6.07 Å². The topological polar surface area (TPSA) is 56.3 Å². The lowest BCUT2D eigenvalue weighted by molar-refractivity contribution is -0.143. The Morgan fingerprint density at radius 2 is 2.40 bits per heavy atom. The van der Waals surface area contributed by atoms with E-state index in [-0.39, 0.29) is 5.78 Å². The fourth-order valence-corrected chi connectivity index (χ4v) is 1.85. The quantitative estimate of drug-likeness (QED) is 0.507. The first-order valence-electron chi connectivity index (χ1n) is 4.79. The number of rotatable bonds is 1. The van der Waals surface area contributed by atoms with E-state index in [9.17, 15) is 9.59 Å². The molecule has 4 nitrogen and oxygen atoms in total. The van der Waals surface area contributed by atoms with Gasteiger partial charge in [0.15, 0.2) is 5.78 Å². The van der Waals surface area contributed by atoms with Gasteiger partial charge in [-0.3, -0.25) is 14.6 Å². The van der Waals surface area contributed by atoms with Crippen molar-refractivity contribution in [3.8, 4) is 0 Å². The van der Waals surface area contributed by atoms with Crippen LogP contribution in [0.1, 0.15) is 22.3 Å². The van der Waals surface area contributed by atoms with Crippen LogP contribution in [0.2, 0.25) is 0 Å². The number of aryl methyl sites for hydroxylation is 1. The van der Waals surface area contributed by atoms with Crippen LogP contribution in [-0.2, 0) is 16.0 Å². The zero-order valence-corrected chi connectivity index (χ0v) is 8.40. The molecule has 1 unspecified atom stereocenters. The molecule has 0 amide bonds. The molecule has 1 aliphatic carbocycles. The van der Waals surface area contributed by atoms with Gasteiger partial charge in [-0.05, 0) is 24.5 Å². The molecule has 4 heteroatoms. The first kappa shape index (κ1) is 9.83. The van der Waals surface area contributed by atoms with E-state index in [2.05, 4.69) is 9.72 Å². The SMILES string of the molecule is COC(=O)C1CCc2ccncc2C1=O. The average molecular weight is 205 g/mol. The smallest absolute Gasteiger partial charge is 0.316 e. The van der Waals surface area contributed by atoms with Gasteiger partial charge in [0.2, 0.25) is 0 Å². The lowest BCUT2D eigenvalue weighted by Crippen LogP contribution is -2.30. The van der Waals surface area contributed by atoms with Gasteiger partial charge in [-0.2, -0.15) is 0 Å². The van der Waals surface area contributed by atoms with Crippen LogP contribution in [0.3, 0.4) is 0 Å². The van der Waals surface area contributed by atoms with Crippen molar-refractivity contribution in [3.63, 3.8) is 0 Å². The fourth-order valence-electron chi connectivity index (χ4n) is 1.85. The zero-order valence-electron chi connectivity index (χ0n) is 8.40. The van der Waals surface area contributed by atoms with Gasteiger partial charge >= 0.3 is 5.97 Å². The zero-order chi connectivity index (χ0) is 10.8. The van der Waals surface area contributed by atoms with Gasteiger partial charge in [0.25, 0.3) is 0 Å². The minimum absolute atomic E-state index is 0.170. The van der Waals surface area contributed by atoms with Crippen LogP contribution in [0.5, 0.6) is 0 Å². The number of methoxy groups -OCH3 is 1. The predicted molar refractivity (Wildman–Crippen MR) is 52.4 cm³/mol. The maximum Gasteiger partial charge on any atom is 0.316 e. The van der Waals surface area contributed by atoms with Crippen molar-refractivity contribution >= 4 is 11.8 Å². The van der Waals surface area contributed by atoms with E-state index < -0.39 is 11.9 Å². The first-order chi connectivity index (χ1) is 7.24. The molecule has 0 aliphatic heterocycles. The first-order valence-corrected chi connectivity index (χ1v) is 4.79. The normalized spacial score (nSPS) is 19.5. The van der Waals surface area contributed by atoms with Gasteiger partial charge in [0, 0.05) is 18.0 Å². The number of ether oxygens (including phenoxy) is 1. The number of hydrogen-bond donors (Lipinski definition) is 0. The molecule has 0 N–H and O–H groups in total. The summed E-state index contributed by atoms with van der Waals surface area (Å²) in [4.78, 5) is 27.1. The summed E-state index contributed by atoms with van der Waals surface area (Å²) in [6.45, 7) is 0. The van der Waals surface area contributed by atoms with Gasteiger partial charge in [-0.25, -0.2) is 0 Å². The monoisotopic (exact) mass is 205 g/mol. The molecule has 0 fully saturated rings.